The molecule has 4 nitrogen and oxygen atoms in total. The van der Waals surface area contributed by atoms with Crippen molar-refractivity contribution in [2.75, 3.05) is 5.73 Å². The first-order valence-electron chi connectivity index (χ1n) is 5.82. The topological polar surface area (TPSA) is 65.5 Å². The highest BCUT2D eigenvalue weighted by Gasteiger charge is 2.14. The number of ether oxygens (including phenoxy) is 1. The Kier molecular flexibility index (Phi) is 3.50. The lowest BCUT2D eigenvalue weighted by atomic mass is 10.2. The summed E-state index contributed by atoms with van der Waals surface area (Å²) < 4.78 is 11.7. The summed E-state index contributed by atoms with van der Waals surface area (Å²) in [6.45, 7) is 0.230. The van der Waals surface area contributed by atoms with Crippen LogP contribution in [0.5, 0.6) is 0 Å². The van der Waals surface area contributed by atoms with Gasteiger partial charge in [-0.05, 0) is 52.3 Å². The van der Waals surface area contributed by atoms with Crippen LogP contribution in [0.3, 0.4) is 0 Å². The van der Waals surface area contributed by atoms with E-state index in [2.05, 4.69) is 15.9 Å². The van der Waals surface area contributed by atoms with Crippen LogP contribution < -0.4 is 5.73 Å². The molecule has 2 heterocycles. The Morgan fingerprint density at radius 3 is 2.90 bits per heavy atom. The van der Waals surface area contributed by atoms with Crippen molar-refractivity contribution in [1.82, 2.24) is 0 Å². The molecule has 0 bridgehead atoms. The first kappa shape index (κ1) is 13.2. The molecule has 0 saturated heterocycles. The molecule has 3 rings (SSSR count). The van der Waals surface area contributed by atoms with Gasteiger partial charge < -0.3 is 14.9 Å². The summed E-state index contributed by atoms with van der Waals surface area (Å²) in [7, 11) is 0. The third kappa shape index (κ3) is 2.71. The predicted molar refractivity (Wildman–Crippen MR) is 81.8 cm³/mol. The smallest absolute Gasteiger partial charge is 0.374 e. The number of halogens is 1. The summed E-state index contributed by atoms with van der Waals surface area (Å²) in [5, 5.41) is 0.788. The van der Waals surface area contributed by atoms with Crippen LogP contribution in [0.1, 0.15) is 15.4 Å². The quantitative estimate of drug-likeness (QED) is 0.567. The molecule has 3 aromatic rings. The second kappa shape index (κ2) is 5.30. The van der Waals surface area contributed by atoms with Gasteiger partial charge in [-0.25, -0.2) is 4.79 Å². The van der Waals surface area contributed by atoms with E-state index in [-0.39, 0.29) is 12.4 Å². The summed E-state index contributed by atoms with van der Waals surface area (Å²) in [6, 6.07) is 10.7. The van der Waals surface area contributed by atoms with E-state index in [0.717, 1.165) is 14.0 Å². The highest BCUT2D eigenvalue weighted by atomic mass is 79.9. The second-order valence-electron chi connectivity index (χ2n) is 4.19. The molecule has 0 aliphatic carbocycles. The van der Waals surface area contributed by atoms with Gasteiger partial charge in [0.1, 0.15) is 12.2 Å². The number of hydrogen-bond donors (Lipinski definition) is 1. The van der Waals surface area contributed by atoms with Crippen LogP contribution in [0.25, 0.3) is 11.0 Å². The van der Waals surface area contributed by atoms with Crippen molar-refractivity contribution in [3.8, 4) is 0 Å². The number of carbonyl (C=O) groups excluding carboxylic acids is 1. The largest absolute Gasteiger partial charge is 0.454 e. The van der Waals surface area contributed by atoms with E-state index in [1.807, 2.05) is 12.1 Å². The summed E-state index contributed by atoms with van der Waals surface area (Å²) >= 11 is 4.89. The Labute approximate surface area is 127 Å². The van der Waals surface area contributed by atoms with E-state index in [0.29, 0.717) is 11.3 Å². The first-order valence-corrected chi connectivity index (χ1v) is 7.43. The van der Waals surface area contributed by atoms with E-state index < -0.39 is 5.97 Å². The monoisotopic (exact) mass is 351 g/mol. The standard InChI is InChI=1S/C14H10BrNO3S/c15-13-4-2-10(20-13)7-18-14(17)12-6-8-5-9(16)1-3-11(8)19-12/h1-6H,7,16H2. The molecule has 102 valence electrons. The van der Waals surface area contributed by atoms with E-state index in [1.165, 1.54) is 11.3 Å². The van der Waals surface area contributed by atoms with Crippen molar-refractivity contribution in [2.24, 2.45) is 0 Å². The van der Waals surface area contributed by atoms with Crippen LogP contribution in [-0.2, 0) is 11.3 Å². The number of esters is 1. The fourth-order valence-electron chi connectivity index (χ4n) is 1.80. The minimum absolute atomic E-state index is 0.182. The Hall–Kier alpha value is -1.79. The van der Waals surface area contributed by atoms with E-state index >= 15 is 0 Å². The maximum Gasteiger partial charge on any atom is 0.374 e. The van der Waals surface area contributed by atoms with Gasteiger partial charge in [0, 0.05) is 16.0 Å². The summed E-state index contributed by atoms with van der Waals surface area (Å²) in [5.41, 5.74) is 6.93. The molecule has 0 unspecified atom stereocenters. The minimum Gasteiger partial charge on any atom is -0.454 e. The number of furan rings is 1. The molecule has 0 aliphatic rings. The molecule has 1 aromatic carbocycles. The van der Waals surface area contributed by atoms with Crippen molar-refractivity contribution >= 4 is 49.9 Å². The van der Waals surface area contributed by atoms with Gasteiger partial charge in [0.2, 0.25) is 5.76 Å². The van der Waals surface area contributed by atoms with Gasteiger partial charge >= 0.3 is 5.97 Å². The number of carbonyl (C=O) groups is 1. The molecule has 0 fully saturated rings. The molecule has 0 radical (unpaired) electrons. The molecule has 0 spiro atoms. The third-order valence-electron chi connectivity index (χ3n) is 2.72. The van der Waals surface area contributed by atoms with Crippen LogP contribution in [-0.4, -0.2) is 5.97 Å². The molecular formula is C14H10BrNO3S. The van der Waals surface area contributed by atoms with Crippen LogP contribution in [0.2, 0.25) is 0 Å². The first-order chi connectivity index (χ1) is 9.61. The molecular weight excluding hydrogens is 342 g/mol. The lowest BCUT2D eigenvalue weighted by Gasteiger charge is -1.99. The molecule has 0 saturated carbocycles. The predicted octanol–water partition coefficient (Wildman–Crippen LogP) is 4.20. The average Bonchev–Trinajstić information content (AvgIpc) is 3.01. The van der Waals surface area contributed by atoms with Crippen LogP contribution >= 0.6 is 27.3 Å². The Morgan fingerprint density at radius 1 is 1.30 bits per heavy atom. The zero-order chi connectivity index (χ0) is 14.1. The number of anilines is 1. The normalized spacial score (nSPS) is 10.8. The van der Waals surface area contributed by atoms with E-state index in [1.54, 1.807) is 24.3 Å². The van der Waals surface area contributed by atoms with E-state index in [9.17, 15) is 4.79 Å². The number of nitrogens with two attached hydrogens (primary N) is 1. The molecule has 6 heteroatoms. The Bertz CT molecular complexity index is 778. The minimum atomic E-state index is -0.482. The van der Waals surface area contributed by atoms with Gasteiger partial charge in [0.15, 0.2) is 0 Å². The molecule has 0 amide bonds. The van der Waals surface area contributed by atoms with Gasteiger partial charge in [-0.3, -0.25) is 0 Å². The molecule has 2 N–H and O–H groups in total. The number of nitrogen functional groups attached to an aromatic ring is 1. The van der Waals surface area contributed by atoms with Crippen LogP contribution in [0, 0.1) is 0 Å². The maximum atomic E-state index is 11.9. The van der Waals surface area contributed by atoms with E-state index in [4.69, 9.17) is 14.9 Å². The number of hydrogen-bond acceptors (Lipinski definition) is 5. The van der Waals surface area contributed by atoms with Crippen LogP contribution in [0.15, 0.2) is 44.6 Å². The van der Waals surface area contributed by atoms with Crippen molar-refractivity contribution < 1.29 is 13.9 Å². The maximum absolute atomic E-state index is 11.9. The van der Waals surface area contributed by atoms with Gasteiger partial charge in [-0.2, -0.15) is 0 Å². The zero-order valence-electron chi connectivity index (χ0n) is 10.3. The number of rotatable bonds is 3. The van der Waals surface area contributed by atoms with Gasteiger partial charge in [-0.15, -0.1) is 11.3 Å². The third-order valence-corrected chi connectivity index (χ3v) is 4.31. The lowest BCUT2D eigenvalue weighted by molar-refractivity contribution is 0.0443. The zero-order valence-corrected chi connectivity index (χ0v) is 12.7. The Balaban J connectivity index is 1.75. The Morgan fingerprint density at radius 2 is 2.15 bits per heavy atom. The number of thiophene rings is 1. The fourth-order valence-corrected chi connectivity index (χ4v) is 3.20. The summed E-state index contributed by atoms with van der Waals surface area (Å²) in [5.74, 6) is -0.300. The van der Waals surface area contributed by atoms with Crippen molar-refractivity contribution in [3.05, 3.63) is 50.8 Å². The van der Waals surface area contributed by atoms with Gasteiger partial charge in [0.25, 0.3) is 0 Å². The lowest BCUT2D eigenvalue weighted by Crippen LogP contribution is -2.02. The molecule has 0 atom stereocenters. The highest BCUT2D eigenvalue weighted by molar-refractivity contribution is 9.11. The molecule has 2 aromatic heterocycles. The van der Waals surface area contributed by atoms with Gasteiger partial charge in [-0.1, -0.05) is 0 Å². The van der Waals surface area contributed by atoms with Crippen molar-refractivity contribution in [1.29, 1.82) is 0 Å². The molecule has 0 aliphatic heterocycles. The number of fused-ring (bicyclic) bond motifs is 1. The summed E-state index contributed by atoms with van der Waals surface area (Å²) in [6.07, 6.45) is 0. The highest BCUT2D eigenvalue weighted by Crippen LogP contribution is 2.24. The van der Waals surface area contributed by atoms with Crippen molar-refractivity contribution in [3.63, 3.8) is 0 Å². The summed E-state index contributed by atoms with van der Waals surface area (Å²) in [4.78, 5) is 12.9. The second-order valence-corrected chi connectivity index (χ2v) is 6.74. The van der Waals surface area contributed by atoms with Crippen molar-refractivity contribution in [2.45, 2.75) is 6.61 Å². The average molecular weight is 352 g/mol. The van der Waals surface area contributed by atoms with Gasteiger partial charge in [0.05, 0.1) is 3.79 Å². The fraction of sp³-hybridized carbons (Fsp3) is 0.0714. The SMILES string of the molecule is Nc1ccc2oc(C(=O)OCc3ccc(Br)s3)cc2c1. The van der Waals surface area contributed by atoms with Crippen LogP contribution in [0.4, 0.5) is 5.69 Å². The number of benzene rings is 1. The molecule has 20 heavy (non-hydrogen) atoms.